The standard InChI is InChI=1S/C27H38F3NO2/c1-3-5-7-8-9-10-12-22-13-18-25(31-20-22)23-14-16-24(17-15-23)33-21-26(27(28,29)30)32-19-11-6-4-2/h13-18,20,26H,3-12,19,21H2,1-2H3. The molecule has 1 aromatic heterocycles. The van der Waals surface area contributed by atoms with E-state index >= 15 is 0 Å². The van der Waals surface area contributed by atoms with E-state index < -0.39 is 18.9 Å². The third kappa shape index (κ3) is 10.6. The lowest BCUT2D eigenvalue weighted by Crippen LogP contribution is -2.37. The minimum Gasteiger partial charge on any atom is -0.491 e. The maximum absolute atomic E-state index is 13.2. The van der Waals surface area contributed by atoms with Crippen LogP contribution >= 0.6 is 0 Å². The van der Waals surface area contributed by atoms with Gasteiger partial charge in [-0.15, -0.1) is 0 Å². The van der Waals surface area contributed by atoms with Crippen molar-refractivity contribution in [2.45, 2.75) is 90.3 Å². The average Bonchev–Trinajstić information content (AvgIpc) is 2.81. The largest absolute Gasteiger partial charge is 0.491 e. The Balaban J connectivity index is 1.82. The molecule has 0 saturated carbocycles. The van der Waals surface area contributed by atoms with Gasteiger partial charge in [0.1, 0.15) is 12.4 Å². The Bertz CT molecular complexity index is 760. The number of pyridine rings is 1. The summed E-state index contributed by atoms with van der Waals surface area (Å²) < 4.78 is 50.0. The SMILES string of the molecule is CCCCCCCCc1ccc(-c2ccc(OCC(OCCCCC)C(F)(F)F)cc2)nc1. The molecule has 0 fully saturated rings. The summed E-state index contributed by atoms with van der Waals surface area (Å²) in [6, 6.07) is 11.1. The predicted molar refractivity (Wildman–Crippen MR) is 128 cm³/mol. The quantitative estimate of drug-likeness (QED) is 0.234. The number of hydrogen-bond acceptors (Lipinski definition) is 3. The van der Waals surface area contributed by atoms with Gasteiger partial charge in [-0.25, -0.2) is 0 Å². The topological polar surface area (TPSA) is 31.4 Å². The number of nitrogens with zero attached hydrogens (tertiary/aromatic N) is 1. The van der Waals surface area contributed by atoms with Crippen molar-refractivity contribution in [2.75, 3.05) is 13.2 Å². The maximum Gasteiger partial charge on any atom is 0.417 e. The molecule has 0 spiro atoms. The van der Waals surface area contributed by atoms with Gasteiger partial charge in [0.05, 0.1) is 5.69 Å². The van der Waals surface area contributed by atoms with Gasteiger partial charge in [0, 0.05) is 18.4 Å². The number of rotatable bonds is 16. The number of halogens is 3. The smallest absolute Gasteiger partial charge is 0.417 e. The first-order chi connectivity index (χ1) is 15.9. The molecule has 1 heterocycles. The summed E-state index contributed by atoms with van der Waals surface area (Å²) in [6.45, 7) is 3.75. The molecule has 1 atom stereocenters. The second-order valence-corrected chi connectivity index (χ2v) is 8.51. The second-order valence-electron chi connectivity index (χ2n) is 8.51. The maximum atomic E-state index is 13.2. The Morgan fingerprint density at radius 2 is 1.48 bits per heavy atom. The van der Waals surface area contributed by atoms with Crippen molar-refractivity contribution in [2.24, 2.45) is 0 Å². The van der Waals surface area contributed by atoms with Crippen molar-refractivity contribution in [1.29, 1.82) is 0 Å². The summed E-state index contributed by atoms with van der Waals surface area (Å²) in [5.41, 5.74) is 2.96. The molecule has 0 aliphatic rings. The van der Waals surface area contributed by atoms with Crippen LogP contribution in [0.5, 0.6) is 5.75 Å². The Labute approximate surface area is 196 Å². The number of alkyl halides is 3. The summed E-state index contributed by atoms with van der Waals surface area (Å²) in [4.78, 5) is 4.55. The lowest BCUT2D eigenvalue weighted by atomic mass is 10.1. The van der Waals surface area contributed by atoms with Gasteiger partial charge in [0.15, 0.2) is 6.10 Å². The van der Waals surface area contributed by atoms with Gasteiger partial charge in [0.2, 0.25) is 0 Å². The molecule has 184 valence electrons. The Morgan fingerprint density at radius 3 is 2.12 bits per heavy atom. The van der Waals surface area contributed by atoms with E-state index in [0.29, 0.717) is 12.2 Å². The highest BCUT2D eigenvalue weighted by atomic mass is 19.4. The molecule has 1 aromatic carbocycles. The first kappa shape index (κ1) is 27.2. The van der Waals surface area contributed by atoms with Crippen molar-refractivity contribution in [3.8, 4) is 17.0 Å². The summed E-state index contributed by atoms with van der Waals surface area (Å²) in [5.74, 6) is 0.379. The zero-order valence-electron chi connectivity index (χ0n) is 20.0. The van der Waals surface area contributed by atoms with Crippen LogP contribution in [0.3, 0.4) is 0 Å². The van der Waals surface area contributed by atoms with E-state index in [2.05, 4.69) is 18.0 Å². The van der Waals surface area contributed by atoms with E-state index in [9.17, 15) is 13.2 Å². The van der Waals surface area contributed by atoms with E-state index in [1.807, 2.05) is 31.3 Å². The molecule has 2 aromatic rings. The van der Waals surface area contributed by atoms with E-state index in [0.717, 1.165) is 30.5 Å². The van der Waals surface area contributed by atoms with Crippen LogP contribution in [0.2, 0.25) is 0 Å². The Hall–Kier alpha value is -2.08. The number of hydrogen-bond donors (Lipinski definition) is 0. The fraction of sp³-hybridized carbons (Fsp3) is 0.593. The molecule has 1 unspecified atom stereocenters. The third-order valence-electron chi connectivity index (χ3n) is 5.63. The molecule has 0 aliphatic heterocycles. The summed E-state index contributed by atoms with van der Waals surface area (Å²) in [5, 5.41) is 0. The van der Waals surface area contributed by atoms with Crippen molar-refractivity contribution >= 4 is 0 Å². The fourth-order valence-electron chi connectivity index (χ4n) is 3.56. The van der Waals surface area contributed by atoms with Crippen molar-refractivity contribution in [1.82, 2.24) is 4.98 Å². The van der Waals surface area contributed by atoms with Gasteiger partial charge in [-0.3, -0.25) is 4.98 Å². The lowest BCUT2D eigenvalue weighted by molar-refractivity contribution is -0.227. The van der Waals surface area contributed by atoms with Crippen molar-refractivity contribution in [3.05, 3.63) is 48.2 Å². The zero-order chi connectivity index (χ0) is 23.9. The van der Waals surface area contributed by atoms with Crippen molar-refractivity contribution < 1.29 is 22.6 Å². The van der Waals surface area contributed by atoms with Crippen LogP contribution in [0.1, 0.15) is 77.2 Å². The van der Waals surface area contributed by atoms with E-state index in [-0.39, 0.29) is 6.61 Å². The van der Waals surface area contributed by atoms with Crippen LogP contribution in [0, 0.1) is 0 Å². The van der Waals surface area contributed by atoms with Gasteiger partial charge >= 0.3 is 6.18 Å². The van der Waals surface area contributed by atoms with Crippen LogP contribution in [-0.4, -0.2) is 30.5 Å². The highest BCUT2D eigenvalue weighted by Crippen LogP contribution is 2.26. The normalized spacial score (nSPS) is 12.6. The molecule has 33 heavy (non-hydrogen) atoms. The Kier molecular flexibility index (Phi) is 12.3. The number of aryl methyl sites for hydroxylation is 1. The number of unbranched alkanes of at least 4 members (excludes halogenated alkanes) is 7. The molecule has 0 saturated heterocycles. The molecule has 2 rings (SSSR count). The Morgan fingerprint density at radius 1 is 0.818 bits per heavy atom. The molecule has 3 nitrogen and oxygen atoms in total. The van der Waals surface area contributed by atoms with Gasteiger partial charge in [0.25, 0.3) is 0 Å². The minimum atomic E-state index is -4.45. The zero-order valence-corrected chi connectivity index (χ0v) is 20.0. The molecule has 0 amide bonds. The lowest BCUT2D eigenvalue weighted by Gasteiger charge is -2.21. The first-order valence-corrected chi connectivity index (χ1v) is 12.3. The highest BCUT2D eigenvalue weighted by Gasteiger charge is 2.41. The predicted octanol–water partition coefficient (Wildman–Crippen LogP) is 8.17. The summed E-state index contributed by atoms with van der Waals surface area (Å²) in [6.07, 6.45) is 6.59. The molecule has 0 aliphatic carbocycles. The van der Waals surface area contributed by atoms with Crippen LogP contribution in [0.25, 0.3) is 11.3 Å². The number of aromatic nitrogens is 1. The fourth-order valence-corrected chi connectivity index (χ4v) is 3.56. The molecular weight excluding hydrogens is 427 g/mol. The van der Waals surface area contributed by atoms with Gasteiger partial charge in [-0.2, -0.15) is 13.2 Å². The van der Waals surface area contributed by atoms with Gasteiger partial charge < -0.3 is 9.47 Å². The highest BCUT2D eigenvalue weighted by molar-refractivity contribution is 5.60. The molecular formula is C27H38F3NO2. The van der Waals surface area contributed by atoms with Crippen molar-refractivity contribution in [3.63, 3.8) is 0 Å². The van der Waals surface area contributed by atoms with Gasteiger partial charge in [-0.05, 0) is 55.2 Å². The van der Waals surface area contributed by atoms with E-state index in [4.69, 9.17) is 9.47 Å². The summed E-state index contributed by atoms with van der Waals surface area (Å²) >= 11 is 0. The first-order valence-electron chi connectivity index (χ1n) is 12.3. The monoisotopic (exact) mass is 465 g/mol. The average molecular weight is 466 g/mol. The number of benzene rings is 1. The van der Waals surface area contributed by atoms with Crippen LogP contribution < -0.4 is 4.74 Å². The van der Waals surface area contributed by atoms with E-state index in [1.54, 1.807) is 12.1 Å². The molecule has 6 heteroatoms. The van der Waals surface area contributed by atoms with Crippen LogP contribution in [0.15, 0.2) is 42.6 Å². The number of ether oxygens (including phenoxy) is 2. The van der Waals surface area contributed by atoms with Crippen LogP contribution in [0.4, 0.5) is 13.2 Å². The third-order valence-corrected chi connectivity index (χ3v) is 5.63. The molecule has 0 N–H and O–H groups in total. The molecule has 0 radical (unpaired) electrons. The van der Waals surface area contributed by atoms with E-state index in [1.165, 1.54) is 44.1 Å². The minimum absolute atomic E-state index is 0.0842. The second kappa shape index (κ2) is 14.9. The van der Waals surface area contributed by atoms with Crippen LogP contribution in [-0.2, 0) is 11.2 Å². The summed E-state index contributed by atoms with van der Waals surface area (Å²) in [7, 11) is 0. The molecule has 0 bridgehead atoms. The van der Waals surface area contributed by atoms with Gasteiger partial charge in [-0.1, -0.05) is 64.9 Å².